The van der Waals surface area contributed by atoms with Crippen molar-refractivity contribution in [1.29, 1.82) is 0 Å². The predicted molar refractivity (Wildman–Crippen MR) is 46.4 cm³/mol. The molecule has 3 heteroatoms. The van der Waals surface area contributed by atoms with Crippen LogP contribution in [-0.2, 0) is 4.79 Å². The van der Waals surface area contributed by atoms with Gasteiger partial charge in [0.1, 0.15) is 0 Å². The van der Waals surface area contributed by atoms with Crippen molar-refractivity contribution in [3.63, 3.8) is 0 Å². The van der Waals surface area contributed by atoms with Crippen LogP contribution in [0.4, 0.5) is 0 Å². The van der Waals surface area contributed by atoms with Gasteiger partial charge < -0.3 is 11.1 Å². The molecule has 1 amide bonds. The van der Waals surface area contributed by atoms with Gasteiger partial charge >= 0.3 is 0 Å². The Morgan fingerprint density at radius 1 is 1.58 bits per heavy atom. The summed E-state index contributed by atoms with van der Waals surface area (Å²) in [5, 5.41) is 3.02. The topological polar surface area (TPSA) is 55.1 Å². The molecule has 0 aromatic carbocycles. The molecule has 68 valence electrons. The molecule has 0 bridgehead atoms. The Bertz CT molecular complexity index is 225. The lowest BCUT2D eigenvalue weighted by Gasteiger charge is -2.05. The van der Waals surface area contributed by atoms with Gasteiger partial charge in [0.05, 0.1) is 5.92 Å². The molecule has 0 heterocycles. The maximum atomic E-state index is 11.4. The third kappa shape index (κ3) is 1.33. The van der Waals surface area contributed by atoms with Crippen LogP contribution in [0.1, 0.15) is 26.7 Å². The summed E-state index contributed by atoms with van der Waals surface area (Å²) in [6, 6.07) is 0.532. The first-order valence-corrected chi connectivity index (χ1v) is 4.57. The Morgan fingerprint density at radius 3 is 2.42 bits per heavy atom. The average molecular weight is 168 g/mol. The highest BCUT2D eigenvalue weighted by molar-refractivity contribution is 5.82. The minimum absolute atomic E-state index is 0.112. The molecule has 0 spiro atoms. The number of nitrogens with one attached hydrogen (secondary N) is 1. The highest BCUT2D eigenvalue weighted by Crippen LogP contribution is 2.45. The van der Waals surface area contributed by atoms with Crippen LogP contribution in [0.2, 0.25) is 0 Å². The molecule has 3 N–H and O–H groups in total. The van der Waals surface area contributed by atoms with Crippen LogP contribution in [0.25, 0.3) is 0 Å². The van der Waals surface area contributed by atoms with Gasteiger partial charge in [-0.25, -0.2) is 0 Å². The van der Waals surface area contributed by atoms with E-state index in [2.05, 4.69) is 19.2 Å². The van der Waals surface area contributed by atoms with Crippen LogP contribution >= 0.6 is 0 Å². The van der Waals surface area contributed by atoms with Crippen LogP contribution in [0.3, 0.4) is 0 Å². The van der Waals surface area contributed by atoms with E-state index in [1.807, 2.05) is 0 Å². The number of rotatable bonds is 2. The Morgan fingerprint density at radius 2 is 2.08 bits per heavy atom. The first-order chi connectivity index (χ1) is 5.50. The molecule has 2 rings (SSSR count). The fraction of sp³-hybridized carbons (Fsp3) is 0.889. The van der Waals surface area contributed by atoms with E-state index < -0.39 is 0 Å². The van der Waals surface area contributed by atoms with E-state index >= 15 is 0 Å². The molecular formula is C9H16N2O. The van der Waals surface area contributed by atoms with Crippen molar-refractivity contribution in [2.75, 3.05) is 0 Å². The second-order valence-corrected chi connectivity index (χ2v) is 4.76. The molecule has 0 aromatic heterocycles. The van der Waals surface area contributed by atoms with Gasteiger partial charge in [0, 0.05) is 12.1 Å². The molecule has 0 aliphatic heterocycles. The molecule has 2 aliphatic rings. The molecule has 3 nitrogen and oxygen atoms in total. The SMILES string of the molecule is CC1(C)CC1NC(=O)C1CC1N. The van der Waals surface area contributed by atoms with Gasteiger partial charge in [0.25, 0.3) is 0 Å². The van der Waals surface area contributed by atoms with Crippen LogP contribution in [0.5, 0.6) is 0 Å². The maximum absolute atomic E-state index is 11.4. The first kappa shape index (κ1) is 8.05. The van der Waals surface area contributed by atoms with Gasteiger partial charge in [-0.3, -0.25) is 4.79 Å². The zero-order valence-electron chi connectivity index (χ0n) is 7.63. The van der Waals surface area contributed by atoms with Gasteiger partial charge in [0.15, 0.2) is 0 Å². The summed E-state index contributed by atoms with van der Waals surface area (Å²) in [6.45, 7) is 4.34. The Hall–Kier alpha value is -0.570. The summed E-state index contributed by atoms with van der Waals surface area (Å²) in [7, 11) is 0. The van der Waals surface area contributed by atoms with Crippen LogP contribution in [-0.4, -0.2) is 18.0 Å². The highest BCUT2D eigenvalue weighted by Gasteiger charge is 2.49. The van der Waals surface area contributed by atoms with Gasteiger partial charge in [-0.1, -0.05) is 13.8 Å². The minimum atomic E-state index is 0.112. The minimum Gasteiger partial charge on any atom is -0.353 e. The highest BCUT2D eigenvalue weighted by atomic mass is 16.2. The summed E-state index contributed by atoms with van der Waals surface area (Å²) in [4.78, 5) is 11.4. The van der Waals surface area contributed by atoms with Crippen molar-refractivity contribution in [3.05, 3.63) is 0 Å². The lowest BCUT2D eigenvalue weighted by atomic mass is 10.2. The number of carbonyl (C=O) groups is 1. The molecular weight excluding hydrogens is 152 g/mol. The summed E-state index contributed by atoms with van der Waals surface area (Å²) >= 11 is 0. The van der Waals surface area contributed by atoms with Crippen LogP contribution in [0, 0.1) is 11.3 Å². The average Bonchev–Trinajstić information content (AvgIpc) is 2.75. The van der Waals surface area contributed by atoms with Gasteiger partial charge in [-0.05, 0) is 18.3 Å². The summed E-state index contributed by atoms with van der Waals surface area (Å²) in [5.74, 6) is 0.277. The monoisotopic (exact) mass is 168 g/mol. The zero-order chi connectivity index (χ0) is 8.93. The molecule has 2 fully saturated rings. The second-order valence-electron chi connectivity index (χ2n) is 4.76. The fourth-order valence-corrected chi connectivity index (χ4v) is 1.51. The van der Waals surface area contributed by atoms with E-state index in [1.54, 1.807) is 0 Å². The van der Waals surface area contributed by atoms with Gasteiger partial charge in [-0.15, -0.1) is 0 Å². The summed E-state index contributed by atoms with van der Waals surface area (Å²) in [6.07, 6.45) is 1.99. The second kappa shape index (κ2) is 2.22. The largest absolute Gasteiger partial charge is 0.353 e. The van der Waals surface area contributed by atoms with Crippen molar-refractivity contribution in [3.8, 4) is 0 Å². The van der Waals surface area contributed by atoms with E-state index in [9.17, 15) is 4.79 Å². The van der Waals surface area contributed by atoms with E-state index in [-0.39, 0.29) is 17.9 Å². The number of hydrogen-bond acceptors (Lipinski definition) is 2. The molecule has 12 heavy (non-hydrogen) atoms. The van der Waals surface area contributed by atoms with Crippen LogP contribution in [0.15, 0.2) is 0 Å². The van der Waals surface area contributed by atoms with Crippen molar-refractivity contribution in [1.82, 2.24) is 5.32 Å². The number of hydrogen-bond donors (Lipinski definition) is 2. The Labute approximate surface area is 72.7 Å². The van der Waals surface area contributed by atoms with Crippen molar-refractivity contribution in [2.45, 2.75) is 38.8 Å². The quantitative estimate of drug-likeness (QED) is 0.621. The Kier molecular flexibility index (Phi) is 1.49. The smallest absolute Gasteiger partial charge is 0.224 e. The number of nitrogens with two attached hydrogens (primary N) is 1. The first-order valence-electron chi connectivity index (χ1n) is 4.57. The van der Waals surface area contributed by atoms with E-state index in [1.165, 1.54) is 0 Å². The molecule has 3 atom stereocenters. The standard InChI is InChI=1S/C9H16N2O/c1-9(2)4-7(9)11-8(12)5-3-6(5)10/h5-7H,3-4,10H2,1-2H3,(H,11,12). The summed E-state index contributed by atoms with van der Waals surface area (Å²) in [5.41, 5.74) is 5.90. The van der Waals surface area contributed by atoms with E-state index in [0.29, 0.717) is 11.5 Å². The van der Waals surface area contributed by atoms with E-state index in [0.717, 1.165) is 12.8 Å². The lowest BCUT2D eigenvalue weighted by molar-refractivity contribution is -0.122. The molecule has 3 unspecified atom stereocenters. The maximum Gasteiger partial charge on any atom is 0.224 e. The fourth-order valence-electron chi connectivity index (χ4n) is 1.51. The van der Waals surface area contributed by atoms with Crippen molar-refractivity contribution < 1.29 is 4.79 Å². The molecule has 2 saturated carbocycles. The number of carbonyl (C=O) groups excluding carboxylic acids is 1. The Balaban J connectivity index is 1.78. The van der Waals surface area contributed by atoms with Gasteiger partial charge in [-0.2, -0.15) is 0 Å². The lowest BCUT2D eigenvalue weighted by Crippen LogP contribution is -2.31. The third-order valence-electron chi connectivity index (χ3n) is 3.01. The molecule has 0 radical (unpaired) electrons. The van der Waals surface area contributed by atoms with Crippen molar-refractivity contribution >= 4 is 5.91 Å². The molecule has 0 aromatic rings. The summed E-state index contributed by atoms with van der Waals surface area (Å²) < 4.78 is 0. The van der Waals surface area contributed by atoms with Crippen LogP contribution < -0.4 is 11.1 Å². The number of amides is 1. The zero-order valence-corrected chi connectivity index (χ0v) is 7.63. The van der Waals surface area contributed by atoms with Gasteiger partial charge in [0.2, 0.25) is 5.91 Å². The molecule has 0 saturated heterocycles. The molecule has 2 aliphatic carbocycles. The normalized spacial score (nSPS) is 42.1. The predicted octanol–water partition coefficient (Wildman–Crippen LogP) is 0.248. The van der Waals surface area contributed by atoms with Crippen molar-refractivity contribution in [2.24, 2.45) is 17.1 Å². The van der Waals surface area contributed by atoms with E-state index in [4.69, 9.17) is 5.73 Å². The third-order valence-corrected chi connectivity index (χ3v) is 3.01.